The first-order chi connectivity index (χ1) is 5.16. The third-order valence-electron chi connectivity index (χ3n) is 1.45. The summed E-state index contributed by atoms with van der Waals surface area (Å²) in [5.74, 6) is -0.174. The predicted octanol–water partition coefficient (Wildman–Crippen LogP) is 2.74. The van der Waals surface area contributed by atoms with Gasteiger partial charge in [0.15, 0.2) is 11.5 Å². The van der Waals surface area contributed by atoms with Crippen molar-refractivity contribution < 1.29 is 75.6 Å². The minimum absolute atomic E-state index is 0. The number of benzene rings is 1. The van der Waals surface area contributed by atoms with Gasteiger partial charge in [-0.1, -0.05) is 6.07 Å². The molecule has 0 unspecified atom stereocenters. The summed E-state index contributed by atoms with van der Waals surface area (Å²) in [6.07, 6.45) is 3.56. The summed E-state index contributed by atoms with van der Waals surface area (Å²) in [6.45, 7) is 1.85. The Morgan fingerprint density at radius 3 is 2.07 bits per heavy atom. The molecule has 1 rings (SSSR count). The molecular weight excluding hydrogens is 350 g/mol. The summed E-state index contributed by atoms with van der Waals surface area (Å²) in [7, 11) is 0. The van der Waals surface area contributed by atoms with Crippen molar-refractivity contribution in [2.45, 2.75) is 11.8 Å². The Hall–Kier alpha value is 1.38. The number of rotatable bonds is 1. The minimum atomic E-state index is -0.0956. The zero-order chi connectivity index (χ0) is 8.43. The first-order valence-electron chi connectivity index (χ1n) is 3.10. The van der Waals surface area contributed by atoms with Crippen LogP contribution in [0.5, 0.6) is 11.5 Å². The van der Waals surface area contributed by atoms with Crippen LogP contribution in [0.2, 0.25) is 0 Å². The standard InChI is InChI=1S/C8H9O2S.CH3.2Y/c1-5-3-4-6(9)7(10)8(5)11-2;;;/h3-4,9-10H,2H2,1H3;1H3;;/q2*-1;;. The summed E-state index contributed by atoms with van der Waals surface area (Å²) in [5.41, 5.74) is 0.917. The van der Waals surface area contributed by atoms with Crippen LogP contribution in [-0.4, -0.2) is 10.2 Å². The predicted molar refractivity (Wildman–Crippen MR) is 52.1 cm³/mol. The Kier molecular flexibility index (Phi) is 14.2. The van der Waals surface area contributed by atoms with Crippen molar-refractivity contribution in [1.29, 1.82) is 0 Å². The average molecular weight is 362 g/mol. The maximum absolute atomic E-state index is 9.27. The molecule has 0 amide bonds. The van der Waals surface area contributed by atoms with Crippen LogP contribution in [0.4, 0.5) is 0 Å². The molecule has 0 atom stereocenters. The van der Waals surface area contributed by atoms with Crippen LogP contribution in [0.3, 0.4) is 0 Å². The van der Waals surface area contributed by atoms with E-state index in [0.717, 1.165) is 5.56 Å². The number of aromatic hydroxyl groups is 2. The van der Waals surface area contributed by atoms with Gasteiger partial charge >= 0.3 is 0 Å². The number of hydrogen-bond acceptors (Lipinski definition) is 3. The van der Waals surface area contributed by atoms with E-state index in [0.29, 0.717) is 4.90 Å². The van der Waals surface area contributed by atoms with Gasteiger partial charge in [0.25, 0.3) is 0 Å². The monoisotopic (exact) mass is 362 g/mol. The topological polar surface area (TPSA) is 40.5 Å². The average Bonchev–Trinajstić information content (AvgIpc) is 1.99. The van der Waals surface area contributed by atoms with E-state index in [4.69, 9.17) is 5.11 Å². The zero-order valence-electron chi connectivity index (χ0n) is 8.32. The molecule has 1 aromatic rings. The molecule has 2 radical (unpaired) electrons. The van der Waals surface area contributed by atoms with Gasteiger partial charge in [0.05, 0.1) is 0 Å². The Labute approximate surface area is 140 Å². The normalized spacial score (nSPS) is 7.86. The van der Waals surface area contributed by atoms with Crippen molar-refractivity contribution in [2.24, 2.45) is 0 Å². The SMILES string of the molecule is [CH2-]Sc1c(C)ccc(O)c1O.[CH3-].[Y].[Y]. The van der Waals surface area contributed by atoms with Crippen LogP contribution in [0.15, 0.2) is 17.0 Å². The van der Waals surface area contributed by atoms with Crippen molar-refractivity contribution in [1.82, 2.24) is 0 Å². The fraction of sp³-hybridized carbons (Fsp3) is 0.111. The fourth-order valence-corrected chi connectivity index (χ4v) is 1.38. The number of phenols is 2. The molecule has 2 nitrogen and oxygen atoms in total. The van der Waals surface area contributed by atoms with Crippen molar-refractivity contribution in [3.63, 3.8) is 0 Å². The quantitative estimate of drug-likeness (QED) is 0.459. The van der Waals surface area contributed by atoms with Gasteiger partial charge in [0.1, 0.15) is 0 Å². The molecule has 14 heavy (non-hydrogen) atoms. The molecule has 0 bridgehead atoms. The van der Waals surface area contributed by atoms with E-state index in [1.54, 1.807) is 6.07 Å². The van der Waals surface area contributed by atoms with Gasteiger partial charge < -0.3 is 29.4 Å². The molecule has 0 spiro atoms. The summed E-state index contributed by atoms with van der Waals surface area (Å²) < 4.78 is 0. The summed E-state index contributed by atoms with van der Waals surface area (Å²) in [6, 6.07) is 3.20. The van der Waals surface area contributed by atoms with Gasteiger partial charge in [-0.15, -0.1) is 0 Å². The summed E-state index contributed by atoms with van der Waals surface area (Å²) in [4.78, 5) is 0.630. The molecule has 0 fully saturated rings. The van der Waals surface area contributed by atoms with Crippen LogP contribution in [0.25, 0.3) is 0 Å². The van der Waals surface area contributed by atoms with E-state index < -0.39 is 0 Å². The first-order valence-corrected chi connectivity index (χ1v) is 4.09. The first kappa shape index (κ1) is 20.7. The van der Waals surface area contributed by atoms with Crippen LogP contribution in [-0.2, 0) is 65.4 Å². The Morgan fingerprint density at radius 2 is 1.71 bits per heavy atom. The molecule has 74 valence electrons. The molecule has 2 N–H and O–H groups in total. The maximum Gasteiger partial charge on any atom is 0.168 e. The van der Waals surface area contributed by atoms with E-state index in [1.165, 1.54) is 17.8 Å². The summed E-state index contributed by atoms with van der Waals surface area (Å²) >= 11 is 1.18. The molecule has 0 aliphatic heterocycles. The van der Waals surface area contributed by atoms with Gasteiger partial charge in [0.2, 0.25) is 0 Å². The number of thioether (sulfide) groups is 1. The molecule has 0 aliphatic rings. The Morgan fingerprint density at radius 1 is 1.21 bits per heavy atom. The van der Waals surface area contributed by atoms with Crippen molar-refractivity contribution in [3.05, 3.63) is 31.4 Å². The van der Waals surface area contributed by atoms with Crippen LogP contribution >= 0.6 is 11.8 Å². The zero-order valence-corrected chi connectivity index (χ0v) is 14.8. The number of phenolic OH excluding ortho intramolecular Hbond substituents is 2. The van der Waals surface area contributed by atoms with Crippen LogP contribution < -0.4 is 0 Å². The number of hydrogen-bond donors (Lipinski definition) is 2. The van der Waals surface area contributed by atoms with E-state index in [9.17, 15) is 5.11 Å². The van der Waals surface area contributed by atoms with Crippen LogP contribution in [0.1, 0.15) is 5.56 Å². The molecule has 0 saturated carbocycles. The van der Waals surface area contributed by atoms with Crippen molar-refractivity contribution in [3.8, 4) is 11.5 Å². The maximum atomic E-state index is 9.27. The molecule has 0 aliphatic carbocycles. The van der Waals surface area contributed by atoms with Crippen molar-refractivity contribution in [2.75, 3.05) is 0 Å². The molecule has 1 aromatic carbocycles. The van der Waals surface area contributed by atoms with Crippen molar-refractivity contribution >= 4 is 11.8 Å². The largest absolute Gasteiger partial charge is 0.504 e. The van der Waals surface area contributed by atoms with E-state index in [-0.39, 0.29) is 84.3 Å². The third kappa shape index (κ3) is 4.94. The Bertz CT molecular complexity index is 280. The number of aryl methyl sites for hydroxylation is 1. The van der Waals surface area contributed by atoms with E-state index in [1.807, 2.05) is 6.92 Å². The minimum Gasteiger partial charge on any atom is -0.504 e. The fourth-order valence-electron chi connectivity index (χ4n) is 0.844. The smallest absolute Gasteiger partial charge is 0.168 e. The molecular formula is C9H12O2SY2-2. The molecule has 5 heteroatoms. The molecule has 0 saturated heterocycles. The van der Waals surface area contributed by atoms with E-state index in [2.05, 4.69) is 6.26 Å². The van der Waals surface area contributed by atoms with Gasteiger partial charge in [-0.2, -0.15) is 0 Å². The van der Waals surface area contributed by atoms with E-state index >= 15 is 0 Å². The summed E-state index contributed by atoms with van der Waals surface area (Å²) in [5, 5.41) is 18.3. The van der Waals surface area contributed by atoms with Crippen LogP contribution in [0, 0.1) is 20.6 Å². The van der Waals surface area contributed by atoms with Gasteiger partial charge in [-0.3, -0.25) is 6.26 Å². The second-order valence-corrected chi connectivity index (χ2v) is 2.92. The van der Waals surface area contributed by atoms with Gasteiger partial charge in [-0.05, 0) is 18.6 Å². The Balaban J connectivity index is -0.000000403. The third-order valence-corrected chi connectivity index (χ3v) is 2.26. The molecule has 0 heterocycles. The second-order valence-electron chi connectivity index (χ2n) is 2.22. The van der Waals surface area contributed by atoms with Gasteiger partial charge in [-0.25, -0.2) is 0 Å². The van der Waals surface area contributed by atoms with Gasteiger partial charge in [0, 0.05) is 70.3 Å². The second kappa shape index (κ2) is 9.59. The molecule has 0 aromatic heterocycles.